The standard InChI is InChI=1S/C21H24N2O4/c22-11-5-10-19(21(25)26)23-12-20(24)27-13-18-16-8-3-1-6-14(16)15-7-2-4-9-17(15)18/h1-4,6-9,18-19,23H,5,10-13,22H2,(H,25,26)/t19-/m1/s1. The average molecular weight is 368 g/mol. The van der Waals surface area contributed by atoms with Gasteiger partial charge >= 0.3 is 11.9 Å². The molecule has 142 valence electrons. The number of aliphatic carboxylic acids is 1. The van der Waals surface area contributed by atoms with Gasteiger partial charge in [-0.25, -0.2) is 0 Å². The van der Waals surface area contributed by atoms with Crippen LogP contribution in [0.25, 0.3) is 11.1 Å². The Hall–Kier alpha value is -2.70. The number of hydrogen-bond donors (Lipinski definition) is 3. The lowest BCUT2D eigenvalue weighted by Crippen LogP contribution is -2.40. The number of carbonyl (C=O) groups is 2. The molecule has 0 heterocycles. The summed E-state index contributed by atoms with van der Waals surface area (Å²) in [7, 11) is 0. The van der Waals surface area contributed by atoms with Gasteiger partial charge in [-0.2, -0.15) is 0 Å². The molecule has 27 heavy (non-hydrogen) atoms. The Morgan fingerprint density at radius 2 is 1.67 bits per heavy atom. The Kier molecular flexibility index (Phi) is 6.21. The SMILES string of the molecule is NCCC[C@@H](NCC(=O)OCC1c2ccccc2-c2ccccc21)C(=O)O. The highest BCUT2D eigenvalue weighted by Crippen LogP contribution is 2.44. The summed E-state index contributed by atoms with van der Waals surface area (Å²) in [5, 5.41) is 11.9. The van der Waals surface area contributed by atoms with E-state index in [-0.39, 0.29) is 19.1 Å². The summed E-state index contributed by atoms with van der Waals surface area (Å²) in [6.45, 7) is 0.503. The van der Waals surface area contributed by atoms with Crippen LogP contribution in [0.2, 0.25) is 0 Å². The molecular formula is C21H24N2O4. The monoisotopic (exact) mass is 368 g/mol. The predicted octanol–water partition coefficient (Wildman–Crippen LogP) is 2.12. The summed E-state index contributed by atoms with van der Waals surface area (Å²) >= 11 is 0. The van der Waals surface area contributed by atoms with Crippen molar-refractivity contribution in [1.29, 1.82) is 0 Å². The van der Waals surface area contributed by atoms with Gasteiger partial charge in [-0.05, 0) is 41.6 Å². The average Bonchev–Trinajstić information content (AvgIpc) is 3.00. The lowest BCUT2D eigenvalue weighted by atomic mass is 9.98. The predicted molar refractivity (Wildman–Crippen MR) is 102 cm³/mol. The van der Waals surface area contributed by atoms with E-state index in [4.69, 9.17) is 10.5 Å². The molecule has 0 spiro atoms. The number of esters is 1. The van der Waals surface area contributed by atoms with Gasteiger partial charge in [0.05, 0.1) is 6.54 Å². The van der Waals surface area contributed by atoms with E-state index in [1.807, 2.05) is 24.3 Å². The molecule has 2 aromatic carbocycles. The zero-order valence-corrected chi connectivity index (χ0v) is 15.1. The van der Waals surface area contributed by atoms with Crippen molar-refractivity contribution in [1.82, 2.24) is 5.32 Å². The quantitative estimate of drug-likeness (QED) is 0.586. The Morgan fingerprint density at radius 3 is 2.22 bits per heavy atom. The number of ether oxygens (including phenoxy) is 1. The Morgan fingerprint density at radius 1 is 1.07 bits per heavy atom. The van der Waals surface area contributed by atoms with Crippen LogP contribution in [0, 0.1) is 0 Å². The third kappa shape index (κ3) is 4.35. The molecule has 4 N–H and O–H groups in total. The number of rotatable bonds is 9. The number of carbonyl (C=O) groups excluding carboxylic acids is 1. The Labute approximate surface area is 158 Å². The molecule has 3 rings (SSSR count). The van der Waals surface area contributed by atoms with E-state index in [2.05, 4.69) is 29.6 Å². The third-order valence-corrected chi connectivity index (χ3v) is 4.86. The van der Waals surface area contributed by atoms with Crippen molar-refractivity contribution in [2.45, 2.75) is 24.8 Å². The molecule has 6 heteroatoms. The molecule has 0 bridgehead atoms. The minimum absolute atomic E-state index is 0.00568. The van der Waals surface area contributed by atoms with Gasteiger partial charge in [-0.15, -0.1) is 0 Å². The molecule has 2 aromatic rings. The van der Waals surface area contributed by atoms with Gasteiger partial charge in [0.1, 0.15) is 12.6 Å². The summed E-state index contributed by atoms with van der Waals surface area (Å²) in [6.07, 6.45) is 0.956. The zero-order valence-electron chi connectivity index (χ0n) is 15.1. The van der Waals surface area contributed by atoms with E-state index in [1.165, 1.54) is 11.1 Å². The van der Waals surface area contributed by atoms with Crippen LogP contribution in [-0.2, 0) is 14.3 Å². The van der Waals surface area contributed by atoms with Crippen LogP contribution >= 0.6 is 0 Å². The van der Waals surface area contributed by atoms with Gasteiger partial charge in [-0.1, -0.05) is 48.5 Å². The van der Waals surface area contributed by atoms with Gasteiger partial charge in [-0.3, -0.25) is 14.9 Å². The van der Waals surface area contributed by atoms with Crippen molar-refractivity contribution in [3.05, 3.63) is 59.7 Å². The second kappa shape index (κ2) is 8.79. The molecule has 0 amide bonds. The maximum absolute atomic E-state index is 12.1. The first-order chi connectivity index (χ1) is 13.1. The van der Waals surface area contributed by atoms with Crippen LogP contribution in [0.5, 0.6) is 0 Å². The minimum Gasteiger partial charge on any atom is -0.480 e. The van der Waals surface area contributed by atoms with Gasteiger partial charge in [0, 0.05) is 5.92 Å². The molecule has 1 aliphatic rings. The number of nitrogens with one attached hydrogen (secondary N) is 1. The number of fused-ring (bicyclic) bond motifs is 3. The van der Waals surface area contributed by atoms with Gasteiger partial charge in [0.2, 0.25) is 0 Å². The van der Waals surface area contributed by atoms with Gasteiger partial charge < -0.3 is 15.6 Å². The van der Waals surface area contributed by atoms with Crippen LogP contribution in [0.1, 0.15) is 29.9 Å². The molecule has 0 saturated carbocycles. The Balaban J connectivity index is 1.60. The number of carboxylic acid groups (broad SMARTS) is 1. The first-order valence-corrected chi connectivity index (χ1v) is 9.12. The van der Waals surface area contributed by atoms with E-state index in [1.54, 1.807) is 0 Å². The van der Waals surface area contributed by atoms with Gasteiger partial charge in [0.25, 0.3) is 0 Å². The zero-order chi connectivity index (χ0) is 19.2. The summed E-state index contributed by atoms with van der Waals surface area (Å²) < 4.78 is 5.46. The molecule has 6 nitrogen and oxygen atoms in total. The fraction of sp³-hybridized carbons (Fsp3) is 0.333. The number of nitrogens with two attached hydrogens (primary N) is 1. The maximum Gasteiger partial charge on any atom is 0.320 e. The molecule has 0 aromatic heterocycles. The normalized spacial score (nSPS) is 13.7. The summed E-state index contributed by atoms with van der Waals surface area (Å²) in [6, 6.07) is 15.4. The number of carboxylic acids is 1. The summed E-state index contributed by atoms with van der Waals surface area (Å²) in [5.74, 6) is -1.46. The van der Waals surface area contributed by atoms with Crippen molar-refractivity contribution in [3.8, 4) is 11.1 Å². The molecule has 0 fully saturated rings. The van der Waals surface area contributed by atoms with Crippen LogP contribution in [0.4, 0.5) is 0 Å². The third-order valence-electron chi connectivity index (χ3n) is 4.86. The van der Waals surface area contributed by atoms with E-state index < -0.39 is 18.0 Å². The highest BCUT2D eigenvalue weighted by atomic mass is 16.5. The first kappa shape index (κ1) is 19.1. The number of hydrogen-bond acceptors (Lipinski definition) is 5. The van der Waals surface area contributed by atoms with E-state index in [0.717, 1.165) is 11.1 Å². The molecule has 0 aliphatic heterocycles. The summed E-state index contributed by atoms with van der Waals surface area (Å²) in [4.78, 5) is 23.3. The van der Waals surface area contributed by atoms with Crippen LogP contribution in [0.3, 0.4) is 0 Å². The van der Waals surface area contributed by atoms with Crippen molar-refractivity contribution in [2.24, 2.45) is 5.73 Å². The highest BCUT2D eigenvalue weighted by Gasteiger charge is 2.29. The van der Waals surface area contributed by atoms with E-state index in [9.17, 15) is 14.7 Å². The second-order valence-electron chi connectivity index (χ2n) is 6.61. The smallest absolute Gasteiger partial charge is 0.320 e. The van der Waals surface area contributed by atoms with Crippen LogP contribution in [0.15, 0.2) is 48.5 Å². The molecular weight excluding hydrogens is 344 g/mol. The Bertz CT molecular complexity index is 776. The fourth-order valence-electron chi connectivity index (χ4n) is 3.51. The largest absolute Gasteiger partial charge is 0.480 e. The van der Waals surface area contributed by atoms with Crippen molar-refractivity contribution >= 4 is 11.9 Å². The molecule has 1 atom stereocenters. The van der Waals surface area contributed by atoms with Crippen molar-refractivity contribution < 1.29 is 19.4 Å². The molecule has 0 saturated heterocycles. The fourth-order valence-corrected chi connectivity index (χ4v) is 3.51. The van der Waals surface area contributed by atoms with E-state index >= 15 is 0 Å². The molecule has 0 radical (unpaired) electrons. The highest BCUT2D eigenvalue weighted by molar-refractivity contribution is 5.79. The summed E-state index contributed by atoms with van der Waals surface area (Å²) in [5.41, 5.74) is 10.0. The first-order valence-electron chi connectivity index (χ1n) is 9.12. The van der Waals surface area contributed by atoms with Crippen LogP contribution < -0.4 is 11.1 Å². The van der Waals surface area contributed by atoms with Crippen LogP contribution in [-0.4, -0.2) is 42.8 Å². The second-order valence-corrected chi connectivity index (χ2v) is 6.61. The lowest BCUT2D eigenvalue weighted by molar-refractivity contribution is -0.144. The topological polar surface area (TPSA) is 102 Å². The minimum atomic E-state index is -0.991. The lowest BCUT2D eigenvalue weighted by Gasteiger charge is -2.16. The van der Waals surface area contributed by atoms with Crippen molar-refractivity contribution in [2.75, 3.05) is 19.7 Å². The molecule has 0 unspecified atom stereocenters. The molecule has 1 aliphatic carbocycles. The maximum atomic E-state index is 12.1. The number of benzene rings is 2. The van der Waals surface area contributed by atoms with Crippen molar-refractivity contribution in [3.63, 3.8) is 0 Å². The van der Waals surface area contributed by atoms with Gasteiger partial charge in [0.15, 0.2) is 0 Å². The van der Waals surface area contributed by atoms with E-state index in [0.29, 0.717) is 19.4 Å².